The lowest BCUT2D eigenvalue weighted by Gasteiger charge is -2.35. The van der Waals surface area contributed by atoms with Crippen molar-refractivity contribution in [1.29, 1.82) is 0 Å². The molecule has 1 saturated heterocycles. The maximum absolute atomic E-state index is 11.9. The van der Waals surface area contributed by atoms with E-state index in [1.165, 1.54) is 6.42 Å². The Kier molecular flexibility index (Phi) is 5.01. The third kappa shape index (κ3) is 4.23. The summed E-state index contributed by atoms with van der Waals surface area (Å²) >= 11 is 0. The lowest BCUT2D eigenvalue weighted by Crippen LogP contribution is -2.39. The van der Waals surface area contributed by atoms with E-state index in [-0.39, 0.29) is 5.91 Å². The average molecular weight is 275 g/mol. The van der Waals surface area contributed by atoms with Gasteiger partial charge < -0.3 is 16.0 Å². The van der Waals surface area contributed by atoms with E-state index in [0.717, 1.165) is 37.2 Å². The molecule has 0 aromatic heterocycles. The van der Waals surface area contributed by atoms with Crippen LogP contribution in [0.15, 0.2) is 24.3 Å². The minimum Gasteiger partial charge on any atom is -0.399 e. The van der Waals surface area contributed by atoms with E-state index in [9.17, 15) is 4.79 Å². The summed E-state index contributed by atoms with van der Waals surface area (Å²) in [5.74, 6) is 1.58. The summed E-state index contributed by atoms with van der Waals surface area (Å²) in [5.41, 5.74) is 7.14. The monoisotopic (exact) mass is 275 g/mol. The highest BCUT2D eigenvalue weighted by molar-refractivity contribution is 5.91. The van der Waals surface area contributed by atoms with Gasteiger partial charge >= 0.3 is 0 Å². The van der Waals surface area contributed by atoms with E-state index in [1.54, 1.807) is 6.07 Å². The number of hydrogen-bond acceptors (Lipinski definition) is 3. The van der Waals surface area contributed by atoms with Crippen LogP contribution in [0.4, 0.5) is 11.4 Å². The van der Waals surface area contributed by atoms with Crippen LogP contribution in [-0.2, 0) is 4.79 Å². The first kappa shape index (κ1) is 14.9. The van der Waals surface area contributed by atoms with Gasteiger partial charge in [-0.1, -0.05) is 19.9 Å². The van der Waals surface area contributed by atoms with Gasteiger partial charge in [0.2, 0.25) is 5.91 Å². The second-order valence-electron chi connectivity index (χ2n) is 5.97. The van der Waals surface area contributed by atoms with Crippen LogP contribution in [0, 0.1) is 11.8 Å². The molecule has 1 aliphatic rings. The molecule has 1 aromatic carbocycles. The number of carbonyl (C=O) groups excluding carboxylic acids is 1. The first-order valence-corrected chi connectivity index (χ1v) is 7.42. The quantitative estimate of drug-likeness (QED) is 0.830. The van der Waals surface area contributed by atoms with Gasteiger partial charge in [0.15, 0.2) is 0 Å². The van der Waals surface area contributed by atoms with Gasteiger partial charge in [-0.2, -0.15) is 0 Å². The summed E-state index contributed by atoms with van der Waals surface area (Å²) in [7, 11) is 0. The molecule has 1 heterocycles. The first-order chi connectivity index (χ1) is 9.54. The molecular formula is C16H25N3O. The van der Waals surface area contributed by atoms with Crippen LogP contribution in [0.25, 0.3) is 0 Å². The smallest absolute Gasteiger partial charge is 0.225 e. The van der Waals surface area contributed by atoms with Gasteiger partial charge in [0, 0.05) is 30.9 Å². The van der Waals surface area contributed by atoms with Gasteiger partial charge in [0.05, 0.1) is 0 Å². The number of nitrogens with zero attached hydrogens (tertiary/aromatic N) is 1. The van der Waals surface area contributed by atoms with Crippen molar-refractivity contribution in [2.45, 2.75) is 26.7 Å². The van der Waals surface area contributed by atoms with E-state index in [4.69, 9.17) is 5.73 Å². The highest BCUT2D eigenvalue weighted by atomic mass is 16.1. The van der Waals surface area contributed by atoms with E-state index in [2.05, 4.69) is 24.1 Å². The van der Waals surface area contributed by atoms with Gasteiger partial charge in [-0.25, -0.2) is 0 Å². The predicted octanol–water partition coefficient (Wildman–Crippen LogP) is 2.58. The van der Waals surface area contributed by atoms with Gasteiger partial charge in [-0.15, -0.1) is 0 Å². The molecule has 1 aliphatic heterocycles. The van der Waals surface area contributed by atoms with Crippen molar-refractivity contribution >= 4 is 17.3 Å². The molecule has 4 nitrogen and oxygen atoms in total. The fourth-order valence-corrected chi connectivity index (χ4v) is 2.65. The Labute approximate surface area is 121 Å². The minimum absolute atomic E-state index is 0.0573. The number of amides is 1. The standard InChI is InChI=1S/C16H25N3O/c1-12-6-8-19(11-13(12)2)9-7-16(20)18-15-5-3-4-14(17)10-15/h3-5,10,12-13H,6-9,11,17H2,1-2H3,(H,18,20). The van der Waals surface area contributed by atoms with E-state index in [1.807, 2.05) is 18.2 Å². The van der Waals surface area contributed by atoms with Crippen molar-refractivity contribution in [2.24, 2.45) is 11.8 Å². The molecule has 2 atom stereocenters. The summed E-state index contributed by atoms with van der Waals surface area (Å²) in [4.78, 5) is 14.3. The Bertz CT molecular complexity index is 461. The number of hydrogen-bond donors (Lipinski definition) is 2. The number of anilines is 2. The van der Waals surface area contributed by atoms with Crippen LogP contribution in [0.5, 0.6) is 0 Å². The molecule has 2 unspecified atom stereocenters. The number of nitrogen functional groups attached to an aromatic ring is 1. The van der Waals surface area contributed by atoms with Crippen LogP contribution in [0.2, 0.25) is 0 Å². The lowest BCUT2D eigenvalue weighted by atomic mass is 9.89. The molecule has 1 aromatic rings. The highest BCUT2D eigenvalue weighted by Gasteiger charge is 2.22. The number of likely N-dealkylation sites (tertiary alicyclic amines) is 1. The molecule has 4 heteroatoms. The fourth-order valence-electron chi connectivity index (χ4n) is 2.65. The zero-order chi connectivity index (χ0) is 14.5. The zero-order valence-electron chi connectivity index (χ0n) is 12.4. The van der Waals surface area contributed by atoms with Crippen molar-refractivity contribution in [3.8, 4) is 0 Å². The summed E-state index contributed by atoms with van der Waals surface area (Å²) < 4.78 is 0. The summed E-state index contributed by atoms with van der Waals surface area (Å²) in [6.07, 6.45) is 1.77. The molecule has 20 heavy (non-hydrogen) atoms. The van der Waals surface area contributed by atoms with Crippen LogP contribution >= 0.6 is 0 Å². The molecule has 110 valence electrons. The molecule has 1 fully saturated rings. The molecule has 0 spiro atoms. The predicted molar refractivity (Wildman–Crippen MR) is 83.5 cm³/mol. The van der Waals surface area contributed by atoms with Crippen molar-refractivity contribution in [1.82, 2.24) is 4.90 Å². The van der Waals surface area contributed by atoms with Gasteiger partial charge in [-0.3, -0.25) is 4.79 Å². The summed E-state index contributed by atoms with van der Waals surface area (Å²) in [6, 6.07) is 7.30. The minimum atomic E-state index is 0.0573. The Hall–Kier alpha value is -1.55. The molecule has 0 saturated carbocycles. The van der Waals surface area contributed by atoms with Crippen LogP contribution in [0.1, 0.15) is 26.7 Å². The second-order valence-corrected chi connectivity index (χ2v) is 5.97. The van der Waals surface area contributed by atoms with Gasteiger partial charge in [0.25, 0.3) is 0 Å². The third-order valence-corrected chi connectivity index (χ3v) is 4.24. The van der Waals surface area contributed by atoms with Gasteiger partial charge in [0.1, 0.15) is 0 Å². The van der Waals surface area contributed by atoms with Crippen molar-refractivity contribution in [3.63, 3.8) is 0 Å². The van der Waals surface area contributed by atoms with E-state index in [0.29, 0.717) is 12.1 Å². The van der Waals surface area contributed by atoms with Gasteiger partial charge in [-0.05, 0) is 43.0 Å². The molecular weight excluding hydrogens is 250 g/mol. The third-order valence-electron chi connectivity index (χ3n) is 4.24. The fraction of sp³-hybridized carbons (Fsp3) is 0.562. The lowest BCUT2D eigenvalue weighted by molar-refractivity contribution is -0.116. The molecule has 2 rings (SSSR count). The van der Waals surface area contributed by atoms with E-state index >= 15 is 0 Å². The average Bonchev–Trinajstić information content (AvgIpc) is 2.40. The number of carbonyl (C=O) groups is 1. The molecule has 1 amide bonds. The maximum atomic E-state index is 11.9. The normalized spacial score (nSPS) is 23.5. The number of nitrogens with two attached hydrogens (primary N) is 1. The number of rotatable bonds is 4. The maximum Gasteiger partial charge on any atom is 0.225 e. The van der Waals surface area contributed by atoms with Crippen LogP contribution < -0.4 is 11.1 Å². The second kappa shape index (κ2) is 6.75. The summed E-state index contributed by atoms with van der Waals surface area (Å²) in [6.45, 7) is 7.66. The van der Waals surface area contributed by atoms with E-state index < -0.39 is 0 Å². The van der Waals surface area contributed by atoms with Crippen LogP contribution in [-0.4, -0.2) is 30.4 Å². The number of nitrogens with one attached hydrogen (secondary N) is 1. The topological polar surface area (TPSA) is 58.4 Å². The zero-order valence-corrected chi connectivity index (χ0v) is 12.4. The Morgan fingerprint density at radius 1 is 1.40 bits per heavy atom. The Balaban J connectivity index is 1.75. The SMILES string of the molecule is CC1CCN(CCC(=O)Nc2cccc(N)c2)CC1C. The number of piperidine rings is 1. The van der Waals surface area contributed by atoms with Crippen molar-refractivity contribution < 1.29 is 4.79 Å². The summed E-state index contributed by atoms with van der Waals surface area (Å²) in [5, 5.41) is 2.90. The largest absolute Gasteiger partial charge is 0.399 e. The Morgan fingerprint density at radius 3 is 2.90 bits per heavy atom. The molecule has 0 bridgehead atoms. The molecule has 0 radical (unpaired) electrons. The highest BCUT2D eigenvalue weighted by Crippen LogP contribution is 2.22. The van der Waals surface area contributed by atoms with Crippen molar-refractivity contribution in [3.05, 3.63) is 24.3 Å². The molecule has 0 aliphatic carbocycles. The van der Waals surface area contributed by atoms with Crippen LogP contribution in [0.3, 0.4) is 0 Å². The Morgan fingerprint density at radius 2 is 2.20 bits per heavy atom. The molecule has 3 N–H and O–H groups in total. The van der Waals surface area contributed by atoms with Crippen molar-refractivity contribution in [2.75, 3.05) is 30.7 Å². The first-order valence-electron chi connectivity index (χ1n) is 7.42. The number of benzene rings is 1.